The Labute approximate surface area is 135 Å². The molecule has 1 aliphatic rings. The molecule has 2 aromatic rings. The number of nitrogens with zero attached hydrogens (tertiary/aromatic N) is 1. The van der Waals surface area contributed by atoms with Gasteiger partial charge in [0.25, 0.3) is 0 Å². The van der Waals surface area contributed by atoms with Gasteiger partial charge in [-0.25, -0.2) is 9.69 Å². The van der Waals surface area contributed by atoms with Gasteiger partial charge in [-0.15, -0.1) is 0 Å². The van der Waals surface area contributed by atoms with Crippen LogP contribution in [0.5, 0.6) is 0 Å². The zero-order valence-electron chi connectivity index (χ0n) is 13.0. The first-order chi connectivity index (χ1) is 11.2. The summed E-state index contributed by atoms with van der Waals surface area (Å²) in [6.07, 6.45) is -0.0364. The van der Waals surface area contributed by atoms with Crippen molar-refractivity contribution in [3.63, 3.8) is 0 Å². The maximum atomic E-state index is 12.4. The number of cyclic esters (lactones) is 1. The van der Waals surface area contributed by atoms with E-state index in [1.165, 1.54) is 4.90 Å². The summed E-state index contributed by atoms with van der Waals surface area (Å²) in [4.78, 5) is 25.8. The number of ether oxygens (including phenoxy) is 1. The van der Waals surface area contributed by atoms with Crippen molar-refractivity contribution >= 4 is 12.0 Å². The molecule has 0 unspecified atom stereocenters. The predicted octanol–water partition coefficient (Wildman–Crippen LogP) is 3.73. The average molecular weight is 309 g/mol. The second-order valence-corrected chi connectivity index (χ2v) is 5.70. The van der Waals surface area contributed by atoms with Crippen LogP contribution in [0.15, 0.2) is 60.7 Å². The molecule has 0 radical (unpaired) electrons. The Bertz CT molecular complexity index is 684. The van der Waals surface area contributed by atoms with Crippen molar-refractivity contribution < 1.29 is 14.3 Å². The molecule has 0 saturated carbocycles. The van der Waals surface area contributed by atoms with Crippen LogP contribution in [0.25, 0.3) is 0 Å². The normalized spacial score (nSPS) is 20.4. The minimum absolute atomic E-state index is 0.190. The molecule has 2 atom stereocenters. The van der Waals surface area contributed by atoms with Crippen molar-refractivity contribution in [1.82, 2.24) is 4.90 Å². The van der Waals surface area contributed by atoms with Gasteiger partial charge >= 0.3 is 6.09 Å². The fraction of sp³-hybridized carbons (Fsp3) is 0.263. The molecule has 0 spiro atoms. The number of carbonyl (C=O) groups is 2. The third-order valence-corrected chi connectivity index (χ3v) is 4.14. The quantitative estimate of drug-likeness (QED) is 0.864. The molecule has 2 aromatic carbocycles. The third kappa shape index (κ3) is 3.26. The number of imide groups is 1. The van der Waals surface area contributed by atoms with Gasteiger partial charge in [0.05, 0.1) is 6.04 Å². The summed E-state index contributed by atoms with van der Waals surface area (Å²) < 4.78 is 5.41. The van der Waals surface area contributed by atoms with E-state index < -0.39 is 12.2 Å². The Hall–Kier alpha value is -2.62. The molecule has 0 N–H and O–H groups in total. The van der Waals surface area contributed by atoms with E-state index in [4.69, 9.17) is 4.74 Å². The number of benzene rings is 2. The topological polar surface area (TPSA) is 46.6 Å². The number of hydrogen-bond donors (Lipinski definition) is 0. The van der Waals surface area contributed by atoms with E-state index in [-0.39, 0.29) is 11.9 Å². The lowest BCUT2D eigenvalue weighted by molar-refractivity contribution is -0.129. The van der Waals surface area contributed by atoms with E-state index in [9.17, 15) is 9.59 Å². The zero-order valence-corrected chi connectivity index (χ0v) is 13.0. The van der Waals surface area contributed by atoms with E-state index in [0.29, 0.717) is 12.8 Å². The Morgan fingerprint density at radius 1 is 1.04 bits per heavy atom. The Balaban J connectivity index is 1.67. The van der Waals surface area contributed by atoms with Gasteiger partial charge in [0.1, 0.15) is 6.10 Å². The highest BCUT2D eigenvalue weighted by Gasteiger charge is 2.42. The van der Waals surface area contributed by atoms with Crippen LogP contribution < -0.4 is 0 Å². The van der Waals surface area contributed by atoms with Crippen molar-refractivity contribution in [2.24, 2.45) is 0 Å². The minimum Gasteiger partial charge on any atom is -0.439 e. The molecular weight excluding hydrogens is 290 g/mol. The summed E-state index contributed by atoms with van der Waals surface area (Å²) in [5, 5.41) is 0. The first-order valence-electron chi connectivity index (χ1n) is 7.78. The zero-order chi connectivity index (χ0) is 16.2. The summed E-state index contributed by atoms with van der Waals surface area (Å²) in [7, 11) is 0. The van der Waals surface area contributed by atoms with E-state index >= 15 is 0 Å². The van der Waals surface area contributed by atoms with Gasteiger partial charge in [-0.05, 0) is 24.5 Å². The lowest BCUT2D eigenvalue weighted by Crippen LogP contribution is -2.37. The molecule has 2 amide bonds. The van der Waals surface area contributed by atoms with Crippen LogP contribution in [-0.2, 0) is 16.0 Å². The number of hydrogen-bond acceptors (Lipinski definition) is 3. The van der Waals surface area contributed by atoms with Gasteiger partial charge in [-0.3, -0.25) is 4.79 Å². The molecule has 23 heavy (non-hydrogen) atoms. The molecule has 0 aromatic heterocycles. The van der Waals surface area contributed by atoms with E-state index in [1.54, 1.807) is 0 Å². The molecule has 1 heterocycles. The highest BCUT2D eigenvalue weighted by molar-refractivity contribution is 5.93. The smallest absolute Gasteiger partial charge is 0.417 e. The fourth-order valence-corrected chi connectivity index (χ4v) is 2.90. The lowest BCUT2D eigenvalue weighted by atomic mass is 10.0. The van der Waals surface area contributed by atoms with Crippen LogP contribution in [0.2, 0.25) is 0 Å². The van der Waals surface area contributed by atoms with Gasteiger partial charge in [0.2, 0.25) is 5.91 Å². The number of aryl methyl sites for hydroxylation is 1. The molecular formula is C19H19NO3. The first kappa shape index (κ1) is 15.3. The van der Waals surface area contributed by atoms with Crippen LogP contribution in [0.4, 0.5) is 4.79 Å². The minimum atomic E-state index is -0.551. The second-order valence-electron chi connectivity index (χ2n) is 5.70. The standard InChI is InChI=1S/C19H19NO3/c1-14-18(16-10-6-3-7-11-16)23-19(22)20(14)17(21)13-12-15-8-4-2-5-9-15/h2-11,14,18H,12-13H2,1H3/t14-,18-/m1/s1. The molecule has 1 saturated heterocycles. The summed E-state index contributed by atoms with van der Waals surface area (Å²) in [5.74, 6) is -0.190. The SMILES string of the molecule is C[C@@H]1[C@H](c2ccccc2)OC(=O)N1C(=O)CCc1ccccc1. The van der Waals surface area contributed by atoms with Gasteiger partial charge in [0, 0.05) is 6.42 Å². The summed E-state index contributed by atoms with van der Waals surface area (Å²) in [5.41, 5.74) is 1.99. The third-order valence-electron chi connectivity index (χ3n) is 4.14. The second kappa shape index (κ2) is 6.65. The van der Waals surface area contributed by atoms with E-state index in [0.717, 1.165) is 11.1 Å². The van der Waals surface area contributed by atoms with Crippen molar-refractivity contribution in [1.29, 1.82) is 0 Å². The van der Waals surface area contributed by atoms with Crippen LogP contribution in [-0.4, -0.2) is 22.9 Å². The largest absolute Gasteiger partial charge is 0.439 e. The first-order valence-corrected chi connectivity index (χ1v) is 7.78. The maximum absolute atomic E-state index is 12.4. The summed E-state index contributed by atoms with van der Waals surface area (Å²) in [6, 6.07) is 19.0. The Kier molecular flexibility index (Phi) is 4.42. The lowest BCUT2D eigenvalue weighted by Gasteiger charge is -2.19. The Morgan fingerprint density at radius 3 is 2.30 bits per heavy atom. The molecule has 1 aliphatic heterocycles. The number of carbonyl (C=O) groups excluding carboxylic acids is 2. The van der Waals surface area contributed by atoms with Gasteiger partial charge in [0.15, 0.2) is 0 Å². The number of amides is 2. The molecule has 118 valence electrons. The molecule has 0 aliphatic carbocycles. The highest BCUT2D eigenvalue weighted by atomic mass is 16.6. The highest BCUT2D eigenvalue weighted by Crippen LogP contribution is 2.32. The molecule has 4 heteroatoms. The number of rotatable bonds is 4. The van der Waals surface area contributed by atoms with Crippen molar-refractivity contribution in [2.45, 2.75) is 31.9 Å². The van der Waals surface area contributed by atoms with Crippen LogP contribution in [0.3, 0.4) is 0 Å². The van der Waals surface area contributed by atoms with Gasteiger partial charge in [-0.1, -0.05) is 60.7 Å². The molecule has 4 nitrogen and oxygen atoms in total. The molecule has 3 rings (SSSR count). The predicted molar refractivity (Wildman–Crippen MR) is 86.7 cm³/mol. The van der Waals surface area contributed by atoms with Gasteiger partial charge in [-0.2, -0.15) is 0 Å². The van der Waals surface area contributed by atoms with Crippen molar-refractivity contribution in [3.05, 3.63) is 71.8 Å². The van der Waals surface area contributed by atoms with E-state index in [2.05, 4.69) is 0 Å². The average Bonchev–Trinajstić information content (AvgIpc) is 2.89. The van der Waals surface area contributed by atoms with Crippen molar-refractivity contribution in [3.8, 4) is 0 Å². The Morgan fingerprint density at radius 2 is 1.65 bits per heavy atom. The molecule has 0 bridgehead atoms. The van der Waals surface area contributed by atoms with Crippen molar-refractivity contribution in [2.75, 3.05) is 0 Å². The molecule has 1 fully saturated rings. The van der Waals surface area contributed by atoms with Gasteiger partial charge < -0.3 is 4.74 Å². The fourth-order valence-electron chi connectivity index (χ4n) is 2.90. The van der Waals surface area contributed by atoms with Crippen LogP contribution >= 0.6 is 0 Å². The van der Waals surface area contributed by atoms with Crippen LogP contribution in [0.1, 0.15) is 30.6 Å². The maximum Gasteiger partial charge on any atom is 0.417 e. The van der Waals surface area contributed by atoms with E-state index in [1.807, 2.05) is 67.6 Å². The van der Waals surface area contributed by atoms with Crippen LogP contribution in [0, 0.1) is 0 Å². The summed E-state index contributed by atoms with van der Waals surface area (Å²) >= 11 is 0. The summed E-state index contributed by atoms with van der Waals surface area (Å²) in [6.45, 7) is 1.85. The monoisotopic (exact) mass is 309 g/mol.